The van der Waals surface area contributed by atoms with Crippen LogP contribution < -0.4 is 57.0 Å². The number of carbonyl (C=O) groups excluding carboxylic acids is 2. The molecule has 1 aliphatic heterocycles. The monoisotopic (exact) mass is 597 g/mol. The molecule has 38 heavy (non-hydrogen) atoms. The van der Waals surface area contributed by atoms with Crippen LogP contribution >= 0.6 is 0 Å². The highest BCUT2D eigenvalue weighted by atomic mass is 35.5. The lowest BCUT2D eigenvalue weighted by Gasteiger charge is -2.26. The second-order valence-electron chi connectivity index (χ2n) is 8.73. The van der Waals surface area contributed by atoms with Crippen molar-refractivity contribution in [1.29, 1.82) is 0 Å². The van der Waals surface area contributed by atoms with Gasteiger partial charge in [-0.2, -0.15) is 0 Å². The Bertz CT molecular complexity index is 1040. The van der Waals surface area contributed by atoms with E-state index in [9.17, 15) is 22.8 Å². The second kappa shape index (κ2) is 17.0. The number of hydrogen-bond donors (Lipinski definition) is 7. The van der Waals surface area contributed by atoms with Gasteiger partial charge in [0.1, 0.15) is 12.6 Å². The number of aliphatic carboxylic acids is 1. The van der Waals surface area contributed by atoms with Crippen LogP contribution in [0.4, 0.5) is 0 Å². The lowest BCUT2D eigenvalue weighted by molar-refractivity contribution is -0.459. The van der Waals surface area contributed by atoms with Crippen molar-refractivity contribution in [3.63, 3.8) is 0 Å². The molecule has 0 bridgehead atoms. The van der Waals surface area contributed by atoms with Gasteiger partial charge in [-0.05, 0) is 31.2 Å². The lowest BCUT2D eigenvalue weighted by Crippen LogP contribution is -3.00. The molecule has 1 unspecified atom stereocenters. The molecule has 0 aliphatic carbocycles. The summed E-state index contributed by atoms with van der Waals surface area (Å²) in [6.07, 6.45) is 2.01. The highest BCUT2D eigenvalue weighted by Gasteiger charge is 2.38. The smallest absolute Gasteiger partial charge is 0.338 e. The molecule has 1 aromatic rings. The van der Waals surface area contributed by atoms with Crippen molar-refractivity contribution in [3.8, 4) is 0 Å². The molecule has 0 radical (unpaired) electrons. The third-order valence-corrected chi connectivity index (χ3v) is 7.74. The summed E-state index contributed by atoms with van der Waals surface area (Å²) < 4.78 is 27.4. The number of quaternary nitrogens is 1. The number of rotatable bonds is 14. The molecule has 13 nitrogen and oxygen atoms in total. The Hall–Kier alpha value is -2.65. The first-order valence-electron chi connectivity index (χ1n) is 11.8. The van der Waals surface area contributed by atoms with Crippen molar-refractivity contribution >= 4 is 33.8 Å². The van der Waals surface area contributed by atoms with Crippen molar-refractivity contribution in [3.05, 3.63) is 35.9 Å². The van der Waals surface area contributed by atoms with Crippen LogP contribution in [-0.4, -0.2) is 85.7 Å². The predicted molar refractivity (Wildman–Crippen MR) is 131 cm³/mol. The van der Waals surface area contributed by atoms with Crippen LogP contribution in [0.3, 0.4) is 0 Å². The van der Waals surface area contributed by atoms with Gasteiger partial charge >= 0.3 is 11.9 Å². The topological polar surface area (TPSA) is 227 Å². The lowest BCUT2D eigenvalue weighted by atomic mass is 10.1. The first kappa shape index (κ1) is 35.4. The summed E-state index contributed by atoms with van der Waals surface area (Å²) in [4.78, 5) is 41.0. The zero-order valence-electron chi connectivity index (χ0n) is 20.9. The molecule has 16 heteroatoms. The number of carboxylic acid groups (broad SMARTS) is 1. The maximum absolute atomic E-state index is 13.0. The van der Waals surface area contributed by atoms with Gasteiger partial charge < -0.3 is 45.9 Å². The predicted octanol–water partition coefficient (Wildman–Crippen LogP) is -10.5. The molecule has 2 rings (SSSR count). The van der Waals surface area contributed by atoms with E-state index in [2.05, 4.69) is 16.0 Å². The van der Waals surface area contributed by atoms with E-state index in [0.717, 1.165) is 5.56 Å². The fraction of sp³-hybridized carbons (Fsp3) is 0.545. The van der Waals surface area contributed by atoms with Crippen molar-refractivity contribution in [2.24, 2.45) is 11.5 Å². The zero-order valence-corrected chi connectivity index (χ0v) is 23.3. The molecule has 1 fully saturated rings. The van der Waals surface area contributed by atoms with Gasteiger partial charge in [-0.1, -0.05) is 30.3 Å². The molecule has 1 saturated heterocycles. The molecule has 0 spiro atoms. The summed E-state index contributed by atoms with van der Waals surface area (Å²) in [5.74, 6) is -2.02. The number of nitrogens with two attached hydrogens (primary N) is 2. The summed E-state index contributed by atoms with van der Waals surface area (Å²) in [5, 5.41) is 10.4. The van der Waals surface area contributed by atoms with Crippen LogP contribution in [0.1, 0.15) is 31.2 Å². The maximum atomic E-state index is 13.0. The van der Waals surface area contributed by atoms with Gasteiger partial charge in [0.15, 0.2) is 6.04 Å². The van der Waals surface area contributed by atoms with Crippen LogP contribution in [0.5, 0.6) is 0 Å². The van der Waals surface area contributed by atoms with Gasteiger partial charge in [0, 0.05) is 19.5 Å². The number of halogens is 2. The summed E-state index contributed by atoms with van der Waals surface area (Å²) in [7, 11) is -4.05. The Morgan fingerprint density at radius 1 is 1.18 bits per heavy atom. The van der Waals surface area contributed by atoms with Crippen LogP contribution in [-0.2, 0) is 30.8 Å². The Morgan fingerprint density at radius 3 is 2.45 bits per heavy atom. The largest absolute Gasteiger partial charge is 1.00 e. The van der Waals surface area contributed by atoms with Crippen LogP contribution in [0, 0.1) is 0 Å². The average Bonchev–Trinajstić information content (AvgIpc) is 3.32. The van der Waals surface area contributed by atoms with E-state index in [0.29, 0.717) is 38.8 Å². The minimum Gasteiger partial charge on any atom is -1.00 e. The molecule has 3 atom stereocenters. The summed E-state index contributed by atoms with van der Waals surface area (Å²) in [5.41, 5.74) is 15.6. The molecular formula is C22H37Cl2N7O6S. The second-order valence-corrected chi connectivity index (χ2v) is 10.8. The van der Waals surface area contributed by atoms with E-state index in [1.807, 2.05) is 35.1 Å². The Balaban J connectivity index is 0.00000684. The number of benzene rings is 1. The third-order valence-electron chi connectivity index (χ3n) is 5.91. The zero-order chi connectivity index (χ0) is 26.7. The molecule has 216 valence electrons. The quantitative estimate of drug-likeness (QED) is 0.0617. The third kappa shape index (κ3) is 11.4. The molecule has 1 heterocycles. The van der Waals surface area contributed by atoms with E-state index in [1.54, 1.807) is 0 Å². The molecule has 1 aliphatic rings. The number of guanidine groups is 1. The number of carbonyl (C=O) groups is 3. The number of sulfonamides is 1. The van der Waals surface area contributed by atoms with Crippen molar-refractivity contribution in [2.45, 2.75) is 49.4 Å². The standard InChI is InChI=1S/C22H35N7O6S.2ClH/c23-17(12-15-6-2-1-3-7-15)21(33)29-11-5-9-18(29)20(32)27-13-16(8-4-10-26-22(24)25)36(34,35)28-14-19(30)31;;/h1-3,6-7,16-18,28H,4-5,8-14,23H2,(H,27,32)(H,30,31)(H4,24,25,26);2*1H/t16?,17-,18+;;/m1../s1. The Morgan fingerprint density at radius 2 is 1.84 bits per heavy atom. The molecule has 2 amide bonds. The number of likely N-dealkylation sites (tertiary alicyclic amines) is 1. The first-order valence-corrected chi connectivity index (χ1v) is 13.3. The van der Waals surface area contributed by atoms with E-state index in [1.165, 1.54) is 4.90 Å². The molecular weight excluding hydrogens is 561 g/mol. The van der Waals surface area contributed by atoms with E-state index in [-0.39, 0.29) is 49.6 Å². The van der Waals surface area contributed by atoms with Gasteiger partial charge in [-0.3, -0.25) is 30.8 Å². The van der Waals surface area contributed by atoms with E-state index >= 15 is 0 Å². The SMILES string of the molecule is NC(N)=[NH+]CCCC(CNC(=O)[C@@H]1CCCN1C(=O)[C@H]([NH3+])Cc1ccccc1)S(=O)(=O)NCC(=O)O.[Cl-].[Cl-]. The molecule has 0 saturated carbocycles. The minimum absolute atomic E-state index is 0. The fourth-order valence-corrected chi connectivity index (χ4v) is 5.41. The summed E-state index contributed by atoms with van der Waals surface area (Å²) >= 11 is 0. The van der Waals surface area contributed by atoms with Gasteiger partial charge in [0.25, 0.3) is 5.91 Å². The Kier molecular flexibility index (Phi) is 15.9. The van der Waals surface area contributed by atoms with E-state index < -0.39 is 45.8 Å². The fourth-order valence-electron chi connectivity index (χ4n) is 4.07. The number of nitrogens with zero attached hydrogens (tertiary/aromatic N) is 1. The summed E-state index contributed by atoms with van der Waals surface area (Å²) in [6, 6.07) is 8.19. The van der Waals surface area contributed by atoms with Gasteiger partial charge in [0.05, 0.1) is 11.8 Å². The van der Waals surface area contributed by atoms with Crippen molar-refractivity contribution in [2.75, 3.05) is 26.2 Å². The van der Waals surface area contributed by atoms with Crippen molar-refractivity contribution in [1.82, 2.24) is 14.9 Å². The summed E-state index contributed by atoms with van der Waals surface area (Å²) in [6.45, 7) is -0.293. The van der Waals surface area contributed by atoms with Crippen LogP contribution in [0.2, 0.25) is 0 Å². The maximum Gasteiger partial charge on any atom is 0.338 e. The highest BCUT2D eigenvalue weighted by Crippen LogP contribution is 2.19. The van der Waals surface area contributed by atoms with Crippen molar-refractivity contribution < 1.29 is 63.4 Å². The van der Waals surface area contributed by atoms with Gasteiger partial charge in [-0.25, -0.2) is 13.1 Å². The van der Waals surface area contributed by atoms with Gasteiger partial charge in [-0.15, -0.1) is 0 Å². The number of hydrogen-bond acceptors (Lipinski definition) is 5. The minimum atomic E-state index is -4.05. The molecule has 1 aromatic carbocycles. The number of nitrogens with one attached hydrogen (secondary N) is 3. The molecule has 11 N–H and O–H groups in total. The number of carboxylic acids is 1. The average molecular weight is 599 g/mol. The van der Waals surface area contributed by atoms with E-state index in [4.69, 9.17) is 16.6 Å². The Labute approximate surface area is 234 Å². The van der Waals surface area contributed by atoms with Crippen LogP contribution in [0.25, 0.3) is 0 Å². The molecule has 0 aromatic heterocycles. The number of amides is 2. The normalized spacial score (nSPS) is 16.3. The first-order chi connectivity index (χ1) is 17.0. The van der Waals surface area contributed by atoms with Crippen LogP contribution in [0.15, 0.2) is 30.3 Å². The highest BCUT2D eigenvalue weighted by molar-refractivity contribution is 7.90. The van der Waals surface area contributed by atoms with Gasteiger partial charge in [0.2, 0.25) is 15.9 Å².